The molecular formula is C16H10Cl5N3O2. The predicted molar refractivity (Wildman–Crippen MR) is 107 cm³/mol. The minimum absolute atomic E-state index is 0. The van der Waals surface area contributed by atoms with Crippen LogP contribution in [0.3, 0.4) is 0 Å². The highest BCUT2D eigenvalue weighted by Gasteiger charge is 2.20. The minimum Gasteiger partial charge on any atom is -0.354 e. The van der Waals surface area contributed by atoms with Crippen LogP contribution >= 0.6 is 58.8 Å². The van der Waals surface area contributed by atoms with Gasteiger partial charge < -0.3 is 9.84 Å². The van der Waals surface area contributed by atoms with Crippen molar-refractivity contribution < 1.29 is 9.32 Å². The summed E-state index contributed by atoms with van der Waals surface area (Å²) in [5.41, 5.74) is 1.48. The molecular weight excluding hydrogens is 443 g/mol. The van der Waals surface area contributed by atoms with Crippen LogP contribution in [0.15, 0.2) is 35.0 Å². The second kappa shape index (κ2) is 8.46. The number of carbonyl (C=O) groups excluding carboxylic acids is 1. The van der Waals surface area contributed by atoms with E-state index < -0.39 is 0 Å². The molecule has 0 spiro atoms. The van der Waals surface area contributed by atoms with E-state index in [1.165, 1.54) is 13.1 Å². The fraction of sp³-hybridized carbons (Fsp3) is 0.0625. The van der Waals surface area contributed by atoms with Gasteiger partial charge in [-0.05, 0) is 12.1 Å². The third kappa shape index (κ3) is 4.08. The molecule has 0 saturated heterocycles. The maximum atomic E-state index is 11.3. The lowest BCUT2D eigenvalue weighted by Gasteiger charge is -2.09. The molecule has 0 saturated carbocycles. The first kappa shape index (κ1) is 20.8. The van der Waals surface area contributed by atoms with Crippen LogP contribution in [0.5, 0.6) is 0 Å². The predicted octanol–water partition coefficient (Wildman–Crippen LogP) is 6.40. The highest BCUT2D eigenvalue weighted by atomic mass is 35.5. The molecule has 3 aromatic rings. The Morgan fingerprint density at radius 3 is 2.38 bits per heavy atom. The zero-order valence-corrected chi connectivity index (χ0v) is 16.9. The number of hydrogen-bond donors (Lipinski definition) is 1. The molecule has 0 fully saturated rings. The van der Waals surface area contributed by atoms with Crippen molar-refractivity contribution in [1.82, 2.24) is 10.1 Å². The summed E-state index contributed by atoms with van der Waals surface area (Å²) < 4.78 is 5.33. The fourth-order valence-corrected chi connectivity index (χ4v) is 3.30. The van der Waals surface area contributed by atoms with Crippen molar-refractivity contribution >= 4 is 70.4 Å². The van der Waals surface area contributed by atoms with Crippen LogP contribution in [0.25, 0.3) is 22.7 Å². The highest BCUT2D eigenvalue weighted by Crippen LogP contribution is 2.40. The van der Waals surface area contributed by atoms with E-state index in [9.17, 15) is 4.79 Å². The van der Waals surface area contributed by atoms with Crippen molar-refractivity contribution in [1.29, 1.82) is 0 Å². The van der Waals surface area contributed by atoms with Gasteiger partial charge in [0.2, 0.25) is 5.91 Å². The molecule has 3 rings (SSSR count). The quantitative estimate of drug-likeness (QED) is 0.498. The maximum Gasteiger partial charge on any atom is 0.221 e. The molecule has 10 heteroatoms. The Labute approximate surface area is 175 Å². The first-order chi connectivity index (χ1) is 11.9. The van der Waals surface area contributed by atoms with E-state index in [4.69, 9.17) is 50.9 Å². The summed E-state index contributed by atoms with van der Waals surface area (Å²) >= 11 is 24.7. The number of pyridine rings is 1. The number of hydrogen-bond acceptors (Lipinski definition) is 4. The molecule has 2 aromatic heterocycles. The first-order valence-electron chi connectivity index (χ1n) is 6.91. The van der Waals surface area contributed by atoms with E-state index in [0.717, 1.165) is 0 Å². The molecule has 1 amide bonds. The average Bonchev–Trinajstić information content (AvgIpc) is 3.00. The number of anilines is 1. The minimum atomic E-state index is -0.318. The Hall–Kier alpha value is -1.50. The van der Waals surface area contributed by atoms with Gasteiger partial charge in [0.15, 0.2) is 5.76 Å². The van der Waals surface area contributed by atoms with E-state index in [1.54, 1.807) is 24.3 Å². The average molecular weight is 454 g/mol. The smallest absolute Gasteiger partial charge is 0.221 e. The van der Waals surface area contributed by atoms with Crippen molar-refractivity contribution in [3.8, 4) is 22.7 Å². The molecule has 0 aliphatic rings. The van der Waals surface area contributed by atoms with E-state index >= 15 is 0 Å². The molecule has 0 radical (unpaired) electrons. The number of rotatable bonds is 3. The molecule has 0 aliphatic carbocycles. The summed E-state index contributed by atoms with van der Waals surface area (Å²) in [6.45, 7) is 1.35. The van der Waals surface area contributed by atoms with Gasteiger partial charge in [-0.3, -0.25) is 4.79 Å². The van der Waals surface area contributed by atoms with Crippen LogP contribution < -0.4 is 5.32 Å². The van der Waals surface area contributed by atoms with Crippen LogP contribution in [0.2, 0.25) is 20.1 Å². The van der Waals surface area contributed by atoms with Crippen LogP contribution in [0, 0.1) is 0 Å². The Kier molecular flexibility index (Phi) is 6.77. The summed E-state index contributed by atoms with van der Waals surface area (Å²) in [6.07, 6.45) is 1.36. The molecule has 136 valence electrons. The van der Waals surface area contributed by atoms with E-state index in [0.29, 0.717) is 21.3 Å². The van der Waals surface area contributed by atoms with Crippen molar-refractivity contribution in [2.24, 2.45) is 0 Å². The summed E-state index contributed by atoms with van der Waals surface area (Å²) in [4.78, 5) is 15.5. The van der Waals surface area contributed by atoms with Gasteiger partial charge in [-0.2, -0.15) is 0 Å². The second-order valence-electron chi connectivity index (χ2n) is 5.00. The molecule has 0 unspecified atom stereocenters. The molecule has 0 aliphatic heterocycles. The van der Waals surface area contributed by atoms with Gasteiger partial charge in [0.05, 0.1) is 25.8 Å². The summed E-state index contributed by atoms with van der Waals surface area (Å²) in [5, 5.41) is 7.74. The van der Waals surface area contributed by atoms with Gasteiger partial charge in [0, 0.05) is 24.8 Å². The lowest BCUT2D eigenvalue weighted by molar-refractivity contribution is -0.114. The Bertz CT molecular complexity index is 954. The Morgan fingerprint density at radius 1 is 1.12 bits per heavy atom. The number of halogens is 5. The summed E-state index contributed by atoms with van der Waals surface area (Å²) in [5.74, 6) is -0.0405. The van der Waals surface area contributed by atoms with Crippen molar-refractivity contribution in [2.75, 3.05) is 5.32 Å². The normalized spacial score (nSPS) is 10.3. The Morgan fingerprint density at radius 2 is 1.77 bits per heavy atom. The lowest BCUT2D eigenvalue weighted by atomic mass is 10.1. The van der Waals surface area contributed by atoms with Gasteiger partial charge >= 0.3 is 0 Å². The maximum absolute atomic E-state index is 11.3. The molecule has 0 atom stereocenters. The third-order valence-corrected chi connectivity index (χ3v) is 4.52. The third-order valence-electron chi connectivity index (χ3n) is 3.24. The zero-order valence-electron chi connectivity index (χ0n) is 13.0. The highest BCUT2D eigenvalue weighted by molar-refractivity contribution is 6.41. The summed E-state index contributed by atoms with van der Waals surface area (Å²) in [7, 11) is 0. The van der Waals surface area contributed by atoms with Crippen LogP contribution in [-0.4, -0.2) is 16.0 Å². The number of carbonyl (C=O) groups is 1. The number of amides is 1. The van der Waals surface area contributed by atoms with E-state index in [-0.39, 0.29) is 45.5 Å². The SMILES string of the molecule is CC(=O)Nc1c(Cl)cnc(-c2cc(-c3c(Cl)cccc3Cl)no2)c1Cl.Cl. The monoisotopic (exact) mass is 451 g/mol. The fourth-order valence-electron chi connectivity index (χ4n) is 2.18. The van der Waals surface area contributed by atoms with Crippen LogP contribution in [0.1, 0.15) is 6.92 Å². The van der Waals surface area contributed by atoms with Crippen molar-refractivity contribution in [2.45, 2.75) is 6.92 Å². The van der Waals surface area contributed by atoms with Gasteiger partial charge in [0.25, 0.3) is 0 Å². The number of nitrogens with one attached hydrogen (secondary N) is 1. The number of aromatic nitrogens is 2. The largest absolute Gasteiger partial charge is 0.354 e. The van der Waals surface area contributed by atoms with Gasteiger partial charge in [0.1, 0.15) is 11.4 Å². The van der Waals surface area contributed by atoms with Crippen LogP contribution in [-0.2, 0) is 4.79 Å². The topological polar surface area (TPSA) is 68.0 Å². The summed E-state index contributed by atoms with van der Waals surface area (Å²) in [6, 6.07) is 6.72. The number of nitrogens with zero attached hydrogens (tertiary/aromatic N) is 2. The molecule has 2 heterocycles. The lowest BCUT2D eigenvalue weighted by Crippen LogP contribution is -2.07. The molecule has 1 N–H and O–H groups in total. The molecule has 5 nitrogen and oxygen atoms in total. The van der Waals surface area contributed by atoms with E-state index in [2.05, 4.69) is 15.5 Å². The van der Waals surface area contributed by atoms with Crippen LogP contribution in [0.4, 0.5) is 5.69 Å². The first-order valence-corrected chi connectivity index (χ1v) is 8.42. The van der Waals surface area contributed by atoms with Gasteiger partial charge in [-0.25, -0.2) is 4.98 Å². The molecule has 1 aromatic carbocycles. The van der Waals surface area contributed by atoms with Gasteiger partial charge in [-0.15, -0.1) is 12.4 Å². The zero-order chi connectivity index (χ0) is 18.1. The van der Waals surface area contributed by atoms with Crippen molar-refractivity contribution in [3.05, 3.63) is 50.6 Å². The standard InChI is InChI=1S/C16H9Cl4N3O2.ClH/c1-7(24)22-15-10(19)6-21-16(14(15)20)12-5-11(23-25-12)13-8(17)3-2-4-9(13)18;/h2-6H,1H3,(H,21,22,24);1H. The number of benzene rings is 1. The van der Waals surface area contributed by atoms with Crippen molar-refractivity contribution in [3.63, 3.8) is 0 Å². The Balaban J connectivity index is 0.00000243. The van der Waals surface area contributed by atoms with Gasteiger partial charge in [-0.1, -0.05) is 57.6 Å². The molecule has 26 heavy (non-hydrogen) atoms. The second-order valence-corrected chi connectivity index (χ2v) is 6.60. The molecule has 0 bridgehead atoms. The van der Waals surface area contributed by atoms with E-state index in [1.807, 2.05) is 0 Å².